The summed E-state index contributed by atoms with van der Waals surface area (Å²) in [5.74, 6) is 0.0992. The van der Waals surface area contributed by atoms with Crippen molar-refractivity contribution in [2.75, 3.05) is 17.7 Å². The lowest BCUT2D eigenvalue weighted by Crippen LogP contribution is -2.31. The predicted octanol–water partition coefficient (Wildman–Crippen LogP) is 2.44. The molecule has 1 heterocycles. The molecule has 0 aliphatic rings. The summed E-state index contributed by atoms with van der Waals surface area (Å²) in [4.78, 5) is 15.9. The highest BCUT2D eigenvalue weighted by Crippen LogP contribution is 2.25. The van der Waals surface area contributed by atoms with Gasteiger partial charge in [-0.25, -0.2) is 9.78 Å². The van der Waals surface area contributed by atoms with E-state index in [4.69, 9.17) is 10.5 Å². The number of esters is 1. The topological polar surface area (TPSA) is 77.2 Å². The number of nitrogens with two attached hydrogens (primary N) is 1. The second-order valence-electron chi connectivity index (χ2n) is 4.70. The van der Waals surface area contributed by atoms with Crippen molar-refractivity contribution in [1.29, 1.82) is 0 Å². The third-order valence-corrected chi connectivity index (χ3v) is 2.83. The molecule has 18 heavy (non-hydrogen) atoms. The molecule has 5 nitrogen and oxygen atoms in total. The molecule has 0 aliphatic carbocycles. The molecule has 0 aromatic carbocycles. The van der Waals surface area contributed by atoms with Crippen molar-refractivity contribution in [2.45, 2.75) is 39.7 Å². The van der Waals surface area contributed by atoms with Gasteiger partial charge in [-0.2, -0.15) is 0 Å². The molecule has 0 atom stereocenters. The Labute approximate surface area is 108 Å². The monoisotopic (exact) mass is 251 g/mol. The Bertz CT molecular complexity index is 430. The minimum absolute atomic E-state index is 0.131. The number of anilines is 2. The highest BCUT2D eigenvalue weighted by molar-refractivity contribution is 5.97. The minimum Gasteiger partial charge on any atom is -0.462 e. The van der Waals surface area contributed by atoms with Crippen LogP contribution in [0.5, 0.6) is 0 Å². The summed E-state index contributed by atoms with van der Waals surface area (Å²) in [6, 6.07) is 1.57. The van der Waals surface area contributed by atoms with E-state index in [1.165, 1.54) is 0 Å². The Morgan fingerprint density at radius 1 is 1.50 bits per heavy atom. The van der Waals surface area contributed by atoms with Gasteiger partial charge < -0.3 is 15.8 Å². The van der Waals surface area contributed by atoms with E-state index in [2.05, 4.69) is 17.2 Å². The van der Waals surface area contributed by atoms with Crippen LogP contribution in [0, 0.1) is 0 Å². The van der Waals surface area contributed by atoms with Crippen molar-refractivity contribution >= 4 is 17.5 Å². The van der Waals surface area contributed by atoms with Crippen LogP contribution in [0.3, 0.4) is 0 Å². The summed E-state index contributed by atoms with van der Waals surface area (Å²) in [6.07, 6.45) is 2.47. The summed E-state index contributed by atoms with van der Waals surface area (Å²) < 4.78 is 4.95. The molecule has 0 saturated carbocycles. The molecule has 0 saturated heterocycles. The summed E-state index contributed by atoms with van der Waals surface area (Å²) >= 11 is 0. The smallest absolute Gasteiger partial charge is 0.340 e. The van der Waals surface area contributed by atoms with E-state index in [1.54, 1.807) is 19.2 Å². The van der Waals surface area contributed by atoms with Crippen LogP contribution in [0.15, 0.2) is 12.3 Å². The molecule has 1 rings (SSSR count). The molecular formula is C13H21N3O2. The van der Waals surface area contributed by atoms with Gasteiger partial charge in [-0.15, -0.1) is 0 Å². The van der Waals surface area contributed by atoms with E-state index in [9.17, 15) is 4.79 Å². The number of ether oxygens (including phenoxy) is 1. The van der Waals surface area contributed by atoms with E-state index >= 15 is 0 Å². The molecule has 100 valence electrons. The van der Waals surface area contributed by atoms with Crippen molar-refractivity contribution in [3.05, 3.63) is 17.8 Å². The van der Waals surface area contributed by atoms with E-state index in [-0.39, 0.29) is 5.54 Å². The minimum atomic E-state index is -0.422. The first-order valence-electron chi connectivity index (χ1n) is 6.11. The van der Waals surface area contributed by atoms with Crippen LogP contribution in [-0.2, 0) is 4.74 Å². The zero-order chi connectivity index (χ0) is 13.8. The largest absolute Gasteiger partial charge is 0.462 e. The van der Waals surface area contributed by atoms with E-state index in [0.29, 0.717) is 23.7 Å². The van der Waals surface area contributed by atoms with Crippen molar-refractivity contribution in [1.82, 2.24) is 4.98 Å². The van der Waals surface area contributed by atoms with Gasteiger partial charge >= 0.3 is 5.97 Å². The summed E-state index contributed by atoms with van der Waals surface area (Å²) in [5, 5.41) is 3.23. The second kappa shape index (κ2) is 5.71. The Kier molecular flexibility index (Phi) is 4.53. The lowest BCUT2D eigenvalue weighted by Gasteiger charge is -2.26. The molecule has 0 radical (unpaired) electrons. The predicted molar refractivity (Wildman–Crippen MR) is 72.6 cm³/mol. The highest BCUT2D eigenvalue weighted by atomic mass is 16.5. The number of hydrogen-bond acceptors (Lipinski definition) is 5. The van der Waals surface area contributed by atoms with Gasteiger partial charge in [-0.1, -0.05) is 6.92 Å². The maximum atomic E-state index is 11.7. The zero-order valence-electron chi connectivity index (χ0n) is 11.4. The van der Waals surface area contributed by atoms with Gasteiger partial charge in [0.25, 0.3) is 0 Å². The number of nitrogen functional groups attached to an aromatic ring is 1. The molecule has 1 aromatic rings. The van der Waals surface area contributed by atoms with Crippen LogP contribution in [0.25, 0.3) is 0 Å². The Morgan fingerprint density at radius 3 is 2.72 bits per heavy atom. The standard InChI is InChI=1S/C13H21N3O2/c1-5-13(3,4)16-11-10(14)9(7-8-15-11)12(17)18-6-2/h7-8H,5-6,14H2,1-4H3,(H,15,16). The van der Waals surface area contributed by atoms with Gasteiger partial charge in [0.05, 0.1) is 17.9 Å². The fourth-order valence-corrected chi connectivity index (χ4v) is 1.37. The molecule has 0 bridgehead atoms. The van der Waals surface area contributed by atoms with Crippen molar-refractivity contribution < 1.29 is 9.53 Å². The maximum Gasteiger partial charge on any atom is 0.340 e. The van der Waals surface area contributed by atoms with Gasteiger partial charge in [-0.05, 0) is 33.3 Å². The average molecular weight is 251 g/mol. The van der Waals surface area contributed by atoms with Crippen molar-refractivity contribution in [3.63, 3.8) is 0 Å². The van der Waals surface area contributed by atoms with Gasteiger partial charge in [0, 0.05) is 11.7 Å². The first-order chi connectivity index (χ1) is 8.41. The van der Waals surface area contributed by atoms with Crippen LogP contribution >= 0.6 is 0 Å². The Morgan fingerprint density at radius 2 is 2.17 bits per heavy atom. The number of aromatic nitrogens is 1. The van der Waals surface area contributed by atoms with Crippen molar-refractivity contribution in [2.24, 2.45) is 0 Å². The number of nitrogens with zero attached hydrogens (tertiary/aromatic N) is 1. The molecule has 0 amide bonds. The first kappa shape index (κ1) is 14.3. The van der Waals surface area contributed by atoms with Gasteiger partial charge in [0.15, 0.2) is 0 Å². The first-order valence-corrected chi connectivity index (χ1v) is 6.11. The van der Waals surface area contributed by atoms with Gasteiger partial charge in [0.2, 0.25) is 0 Å². The SMILES string of the molecule is CCOC(=O)c1ccnc(NC(C)(C)CC)c1N. The molecule has 0 unspecified atom stereocenters. The summed E-state index contributed by atoms with van der Waals surface area (Å²) in [7, 11) is 0. The van der Waals surface area contributed by atoms with Crippen LogP contribution < -0.4 is 11.1 Å². The Balaban J connectivity index is 3.02. The number of hydrogen-bond donors (Lipinski definition) is 2. The molecule has 3 N–H and O–H groups in total. The van der Waals surface area contributed by atoms with Crippen LogP contribution in [0.2, 0.25) is 0 Å². The molecule has 1 aromatic heterocycles. The third-order valence-electron chi connectivity index (χ3n) is 2.83. The molecule has 0 spiro atoms. The van der Waals surface area contributed by atoms with Gasteiger partial charge in [0.1, 0.15) is 5.82 Å². The molecular weight excluding hydrogens is 230 g/mol. The average Bonchev–Trinajstić information content (AvgIpc) is 2.32. The highest BCUT2D eigenvalue weighted by Gasteiger charge is 2.20. The number of carbonyl (C=O) groups is 1. The molecule has 5 heteroatoms. The molecule has 0 aliphatic heterocycles. The lowest BCUT2D eigenvalue weighted by molar-refractivity contribution is 0.0527. The van der Waals surface area contributed by atoms with Crippen molar-refractivity contribution in [3.8, 4) is 0 Å². The number of pyridine rings is 1. The van der Waals surface area contributed by atoms with E-state index < -0.39 is 5.97 Å². The summed E-state index contributed by atoms with van der Waals surface area (Å²) in [6.45, 7) is 8.24. The number of rotatable bonds is 5. The van der Waals surface area contributed by atoms with E-state index in [1.807, 2.05) is 13.8 Å². The van der Waals surface area contributed by atoms with Crippen LogP contribution in [0.4, 0.5) is 11.5 Å². The fourth-order valence-electron chi connectivity index (χ4n) is 1.37. The quantitative estimate of drug-likeness (QED) is 0.786. The van der Waals surface area contributed by atoms with Crippen LogP contribution in [0.1, 0.15) is 44.5 Å². The second-order valence-corrected chi connectivity index (χ2v) is 4.70. The normalized spacial score (nSPS) is 11.1. The number of nitrogens with one attached hydrogen (secondary N) is 1. The zero-order valence-corrected chi connectivity index (χ0v) is 11.4. The maximum absolute atomic E-state index is 11.7. The number of carbonyl (C=O) groups excluding carboxylic acids is 1. The van der Waals surface area contributed by atoms with Gasteiger partial charge in [-0.3, -0.25) is 0 Å². The fraction of sp³-hybridized carbons (Fsp3) is 0.538. The third kappa shape index (κ3) is 3.35. The lowest BCUT2D eigenvalue weighted by atomic mass is 10.0. The van der Waals surface area contributed by atoms with E-state index in [0.717, 1.165) is 6.42 Å². The molecule has 0 fully saturated rings. The van der Waals surface area contributed by atoms with Crippen LogP contribution in [-0.4, -0.2) is 23.1 Å². The Hall–Kier alpha value is -1.78. The summed E-state index contributed by atoms with van der Waals surface area (Å²) in [5.41, 5.74) is 6.50.